The van der Waals surface area contributed by atoms with Crippen LogP contribution in [-0.2, 0) is 4.79 Å². The molecule has 1 aromatic rings. The number of halogens is 1. The Labute approximate surface area is 134 Å². The number of nitrogens with one attached hydrogen (secondary N) is 2. The molecule has 0 aliphatic rings. The van der Waals surface area contributed by atoms with Crippen LogP contribution in [0.1, 0.15) is 56.5 Å². The zero-order valence-corrected chi connectivity index (χ0v) is 14.2. The van der Waals surface area contributed by atoms with E-state index in [4.69, 9.17) is 4.42 Å². The van der Waals surface area contributed by atoms with E-state index in [0.717, 1.165) is 12.8 Å². The summed E-state index contributed by atoms with van der Waals surface area (Å²) in [5.74, 6) is -0.397. The van der Waals surface area contributed by atoms with Crippen molar-refractivity contribution in [3.63, 3.8) is 0 Å². The molecule has 0 radical (unpaired) electrons. The predicted molar refractivity (Wildman–Crippen MR) is 85.1 cm³/mol. The molecule has 2 amide bonds. The van der Waals surface area contributed by atoms with Gasteiger partial charge in [0.05, 0.1) is 6.54 Å². The molecule has 6 heteroatoms. The lowest BCUT2D eigenvalue weighted by Crippen LogP contribution is -2.40. The average Bonchev–Trinajstić information content (AvgIpc) is 2.87. The Morgan fingerprint density at radius 2 is 2.05 bits per heavy atom. The maximum Gasteiger partial charge on any atom is 0.287 e. The van der Waals surface area contributed by atoms with Crippen molar-refractivity contribution >= 4 is 27.7 Å². The molecule has 0 saturated heterocycles. The SMILES string of the molecule is CCCCCCC(C)NC(=O)CNC(=O)c1ccc(Br)o1. The Hall–Kier alpha value is -1.30. The maximum atomic E-state index is 11.7. The first-order valence-corrected chi connectivity index (χ1v) is 8.15. The Morgan fingerprint density at radius 3 is 2.67 bits per heavy atom. The summed E-state index contributed by atoms with van der Waals surface area (Å²) < 4.78 is 5.59. The van der Waals surface area contributed by atoms with Gasteiger partial charge in [0.15, 0.2) is 10.4 Å². The molecular weight excluding hydrogens is 336 g/mol. The molecule has 1 unspecified atom stereocenters. The van der Waals surface area contributed by atoms with Crippen LogP contribution in [0.25, 0.3) is 0 Å². The molecule has 0 spiro atoms. The van der Waals surface area contributed by atoms with E-state index in [9.17, 15) is 9.59 Å². The number of hydrogen-bond donors (Lipinski definition) is 2. The highest BCUT2D eigenvalue weighted by Crippen LogP contribution is 2.13. The van der Waals surface area contributed by atoms with Crippen LogP contribution in [0, 0.1) is 0 Å². The number of rotatable bonds is 9. The first-order chi connectivity index (χ1) is 10.0. The first-order valence-electron chi connectivity index (χ1n) is 7.35. The largest absolute Gasteiger partial charge is 0.444 e. The second-order valence-electron chi connectivity index (χ2n) is 5.10. The normalized spacial score (nSPS) is 12.0. The van der Waals surface area contributed by atoms with Crippen molar-refractivity contribution in [3.05, 3.63) is 22.6 Å². The minimum Gasteiger partial charge on any atom is -0.444 e. The maximum absolute atomic E-state index is 11.7. The van der Waals surface area contributed by atoms with E-state index in [1.54, 1.807) is 12.1 Å². The highest BCUT2D eigenvalue weighted by molar-refractivity contribution is 9.10. The summed E-state index contributed by atoms with van der Waals surface area (Å²) in [7, 11) is 0. The third kappa shape index (κ3) is 7.32. The Morgan fingerprint density at radius 1 is 1.29 bits per heavy atom. The summed E-state index contributed by atoms with van der Waals surface area (Å²) in [6.45, 7) is 4.11. The van der Waals surface area contributed by atoms with Gasteiger partial charge in [-0.05, 0) is 41.4 Å². The van der Waals surface area contributed by atoms with Gasteiger partial charge in [-0.25, -0.2) is 0 Å². The van der Waals surface area contributed by atoms with Crippen molar-refractivity contribution in [1.82, 2.24) is 10.6 Å². The number of carbonyl (C=O) groups is 2. The lowest BCUT2D eigenvalue weighted by Gasteiger charge is -2.13. The van der Waals surface area contributed by atoms with Gasteiger partial charge in [-0.3, -0.25) is 9.59 Å². The van der Waals surface area contributed by atoms with Gasteiger partial charge in [0.2, 0.25) is 5.91 Å². The van der Waals surface area contributed by atoms with E-state index < -0.39 is 5.91 Å². The van der Waals surface area contributed by atoms with Gasteiger partial charge < -0.3 is 15.1 Å². The molecule has 0 aromatic carbocycles. The average molecular weight is 359 g/mol. The van der Waals surface area contributed by atoms with Crippen LogP contribution in [0.3, 0.4) is 0 Å². The van der Waals surface area contributed by atoms with E-state index >= 15 is 0 Å². The molecule has 2 N–H and O–H groups in total. The molecule has 21 heavy (non-hydrogen) atoms. The summed E-state index contributed by atoms with van der Waals surface area (Å²) in [6, 6.07) is 3.31. The van der Waals surface area contributed by atoms with Crippen molar-refractivity contribution in [2.75, 3.05) is 6.54 Å². The zero-order chi connectivity index (χ0) is 15.7. The van der Waals surface area contributed by atoms with Crippen molar-refractivity contribution in [2.45, 2.75) is 52.0 Å². The predicted octanol–water partition coefficient (Wildman–Crippen LogP) is 3.25. The van der Waals surface area contributed by atoms with Crippen LogP contribution >= 0.6 is 15.9 Å². The van der Waals surface area contributed by atoms with E-state index in [2.05, 4.69) is 33.5 Å². The van der Waals surface area contributed by atoms with Crippen molar-refractivity contribution in [1.29, 1.82) is 0 Å². The summed E-state index contributed by atoms with van der Waals surface area (Å²) in [5, 5.41) is 5.40. The molecule has 0 bridgehead atoms. The second kappa shape index (κ2) is 9.60. The Kier molecular flexibility index (Phi) is 8.12. The molecule has 0 saturated carbocycles. The van der Waals surface area contributed by atoms with Gasteiger partial charge >= 0.3 is 0 Å². The first kappa shape index (κ1) is 17.8. The summed E-state index contributed by atoms with van der Waals surface area (Å²) >= 11 is 3.12. The molecule has 1 aromatic heterocycles. The van der Waals surface area contributed by atoms with Crippen molar-refractivity contribution in [2.24, 2.45) is 0 Å². The number of carbonyl (C=O) groups excluding carboxylic acids is 2. The fraction of sp³-hybridized carbons (Fsp3) is 0.600. The van der Waals surface area contributed by atoms with Gasteiger partial charge in [-0.2, -0.15) is 0 Å². The zero-order valence-electron chi connectivity index (χ0n) is 12.6. The lowest BCUT2D eigenvalue weighted by molar-refractivity contribution is -0.120. The number of furan rings is 1. The third-order valence-corrected chi connectivity index (χ3v) is 3.53. The van der Waals surface area contributed by atoms with Crippen LogP contribution in [0.4, 0.5) is 0 Å². The Bertz CT molecular complexity index is 460. The van der Waals surface area contributed by atoms with Gasteiger partial charge in [0, 0.05) is 6.04 Å². The van der Waals surface area contributed by atoms with E-state index in [1.807, 2.05) is 6.92 Å². The lowest BCUT2D eigenvalue weighted by atomic mass is 10.1. The molecule has 0 aliphatic carbocycles. The molecule has 118 valence electrons. The molecule has 1 heterocycles. The standard InChI is InChI=1S/C15H23BrN2O3/c1-3-4-5-6-7-11(2)18-14(19)10-17-15(20)12-8-9-13(16)21-12/h8-9,11H,3-7,10H2,1-2H3,(H,17,20)(H,18,19). The number of hydrogen-bond acceptors (Lipinski definition) is 3. The minimum absolute atomic E-state index is 0.0452. The third-order valence-electron chi connectivity index (χ3n) is 3.10. The number of unbranched alkanes of at least 4 members (excludes halogenated alkanes) is 3. The van der Waals surface area contributed by atoms with Gasteiger partial charge in [-0.1, -0.05) is 32.6 Å². The highest BCUT2D eigenvalue weighted by Gasteiger charge is 2.12. The van der Waals surface area contributed by atoms with E-state index in [-0.39, 0.29) is 24.3 Å². The molecule has 1 rings (SSSR count). The smallest absolute Gasteiger partial charge is 0.287 e. The quantitative estimate of drug-likeness (QED) is 0.665. The minimum atomic E-state index is -0.397. The second-order valence-corrected chi connectivity index (χ2v) is 5.89. The molecule has 0 aliphatic heterocycles. The fourth-order valence-corrected chi connectivity index (χ4v) is 2.27. The van der Waals surface area contributed by atoms with Gasteiger partial charge in [-0.15, -0.1) is 0 Å². The summed E-state index contributed by atoms with van der Waals surface area (Å²) in [4.78, 5) is 23.4. The monoisotopic (exact) mass is 358 g/mol. The van der Waals surface area contributed by atoms with Gasteiger partial charge in [0.1, 0.15) is 0 Å². The van der Waals surface area contributed by atoms with Crippen LogP contribution in [-0.4, -0.2) is 24.4 Å². The molecule has 1 atom stereocenters. The summed E-state index contributed by atoms with van der Waals surface area (Å²) in [5.41, 5.74) is 0. The molecule has 0 fully saturated rings. The van der Waals surface area contributed by atoms with Crippen LogP contribution in [0.2, 0.25) is 0 Å². The Balaban J connectivity index is 2.19. The highest BCUT2D eigenvalue weighted by atomic mass is 79.9. The van der Waals surface area contributed by atoms with Crippen LogP contribution < -0.4 is 10.6 Å². The molecular formula is C15H23BrN2O3. The van der Waals surface area contributed by atoms with Crippen LogP contribution in [0.5, 0.6) is 0 Å². The van der Waals surface area contributed by atoms with Crippen molar-refractivity contribution < 1.29 is 14.0 Å². The van der Waals surface area contributed by atoms with Gasteiger partial charge in [0.25, 0.3) is 5.91 Å². The summed E-state index contributed by atoms with van der Waals surface area (Å²) in [6.07, 6.45) is 5.71. The van der Waals surface area contributed by atoms with Crippen LogP contribution in [0.15, 0.2) is 21.2 Å². The number of amides is 2. The van der Waals surface area contributed by atoms with Crippen molar-refractivity contribution in [3.8, 4) is 0 Å². The topological polar surface area (TPSA) is 71.3 Å². The van der Waals surface area contributed by atoms with E-state index in [0.29, 0.717) is 4.67 Å². The molecule has 5 nitrogen and oxygen atoms in total. The van der Waals surface area contributed by atoms with E-state index in [1.165, 1.54) is 19.3 Å². The fourth-order valence-electron chi connectivity index (χ4n) is 1.96.